The summed E-state index contributed by atoms with van der Waals surface area (Å²) in [5.41, 5.74) is 0.0868. The molecule has 3 heteroatoms. The highest BCUT2D eigenvalue weighted by molar-refractivity contribution is 7.09. The Bertz CT molecular complexity index is 297. The molecule has 0 bridgehead atoms. The third kappa shape index (κ3) is 2.79. The Morgan fingerprint density at radius 2 is 2.33 bits per heavy atom. The van der Waals surface area contributed by atoms with E-state index in [9.17, 15) is 0 Å². The predicted octanol–water partition coefficient (Wildman–Crippen LogP) is 3.16. The van der Waals surface area contributed by atoms with Gasteiger partial charge in [-0.05, 0) is 33.1 Å². The SMILES string of the molecule is CC(C)NC(C)(CC1CC1)c1nccs1. The van der Waals surface area contributed by atoms with Crippen LogP contribution in [0.25, 0.3) is 0 Å². The van der Waals surface area contributed by atoms with Gasteiger partial charge in [-0.2, -0.15) is 0 Å². The van der Waals surface area contributed by atoms with Gasteiger partial charge in [0.1, 0.15) is 5.01 Å². The van der Waals surface area contributed by atoms with Crippen molar-refractivity contribution in [2.45, 2.75) is 51.6 Å². The highest BCUT2D eigenvalue weighted by Gasteiger charge is 2.36. The highest BCUT2D eigenvalue weighted by Crippen LogP contribution is 2.41. The van der Waals surface area contributed by atoms with Gasteiger partial charge >= 0.3 is 0 Å². The zero-order valence-corrected chi connectivity index (χ0v) is 10.6. The van der Waals surface area contributed by atoms with Crippen molar-refractivity contribution in [1.82, 2.24) is 10.3 Å². The second-order valence-electron chi connectivity index (χ2n) is 5.12. The Kier molecular flexibility index (Phi) is 3.12. The fourth-order valence-corrected chi connectivity index (χ4v) is 3.02. The van der Waals surface area contributed by atoms with Crippen molar-refractivity contribution in [2.75, 3.05) is 0 Å². The van der Waals surface area contributed by atoms with Gasteiger partial charge in [0, 0.05) is 17.6 Å². The van der Waals surface area contributed by atoms with Crippen LogP contribution in [0.4, 0.5) is 0 Å². The van der Waals surface area contributed by atoms with Crippen molar-refractivity contribution in [3.63, 3.8) is 0 Å². The van der Waals surface area contributed by atoms with Gasteiger partial charge in [0.25, 0.3) is 0 Å². The number of nitrogens with zero attached hydrogens (tertiary/aromatic N) is 1. The summed E-state index contributed by atoms with van der Waals surface area (Å²) in [5.74, 6) is 0.921. The first-order chi connectivity index (χ1) is 7.10. The van der Waals surface area contributed by atoms with Gasteiger partial charge in [0.05, 0.1) is 5.54 Å². The normalized spacial score (nSPS) is 20.5. The molecule has 0 spiro atoms. The Morgan fingerprint density at radius 1 is 1.60 bits per heavy atom. The van der Waals surface area contributed by atoms with E-state index in [1.807, 2.05) is 6.20 Å². The largest absolute Gasteiger partial charge is 0.303 e. The molecule has 2 rings (SSSR count). The monoisotopic (exact) mass is 224 g/mol. The molecule has 0 saturated heterocycles. The minimum Gasteiger partial charge on any atom is -0.303 e. The summed E-state index contributed by atoms with van der Waals surface area (Å²) >= 11 is 1.77. The van der Waals surface area contributed by atoms with E-state index in [1.165, 1.54) is 24.3 Å². The van der Waals surface area contributed by atoms with Gasteiger partial charge in [0.2, 0.25) is 0 Å². The quantitative estimate of drug-likeness (QED) is 0.831. The van der Waals surface area contributed by atoms with Crippen LogP contribution in [0.5, 0.6) is 0 Å². The van der Waals surface area contributed by atoms with E-state index in [2.05, 4.69) is 36.5 Å². The van der Waals surface area contributed by atoms with Crippen LogP contribution < -0.4 is 5.32 Å². The molecular formula is C12H20N2S. The van der Waals surface area contributed by atoms with Gasteiger partial charge in [-0.15, -0.1) is 11.3 Å². The number of aromatic nitrogens is 1. The van der Waals surface area contributed by atoms with Crippen molar-refractivity contribution in [2.24, 2.45) is 5.92 Å². The second kappa shape index (κ2) is 4.22. The molecule has 1 heterocycles. The van der Waals surface area contributed by atoms with E-state index in [1.54, 1.807) is 11.3 Å². The van der Waals surface area contributed by atoms with Crippen molar-refractivity contribution >= 4 is 11.3 Å². The van der Waals surface area contributed by atoms with Crippen LogP contribution in [-0.4, -0.2) is 11.0 Å². The molecule has 1 N–H and O–H groups in total. The maximum atomic E-state index is 4.48. The average molecular weight is 224 g/mol. The minimum atomic E-state index is 0.0868. The Hall–Kier alpha value is -0.410. The van der Waals surface area contributed by atoms with Crippen LogP contribution in [0.1, 0.15) is 45.0 Å². The molecule has 1 aromatic rings. The highest BCUT2D eigenvalue weighted by atomic mass is 32.1. The molecule has 0 radical (unpaired) electrons. The lowest BCUT2D eigenvalue weighted by atomic mass is 9.94. The number of hydrogen-bond donors (Lipinski definition) is 1. The van der Waals surface area contributed by atoms with Gasteiger partial charge in [-0.3, -0.25) is 0 Å². The first-order valence-electron chi connectivity index (χ1n) is 5.78. The zero-order valence-electron chi connectivity index (χ0n) is 9.79. The summed E-state index contributed by atoms with van der Waals surface area (Å²) in [6, 6.07) is 0.512. The van der Waals surface area contributed by atoms with Crippen molar-refractivity contribution in [1.29, 1.82) is 0 Å². The van der Waals surface area contributed by atoms with Crippen LogP contribution in [0.15, 0.2) is 11.6 Å². The van der Waals surface area contributed by atoms with E-state index in [-0.39, 0.29) is 5.54 Å². The molecule has 1 atom stereocenters. The van der Waals surface area contributed by atoms with Crippen LogP contribution in [0.3, 0.4) is 0 Å². The van der Waals surface area contributed by atoms with E-state index in [0.717, 1.165) is 5.92 Å². The third-order valence-corrected chi connectivity index (χ3v) is 3.94. The van der Waals surface area contributed by atoms with Crippen molar-refractivity contribution < 1.29 is 0 Å². The predicted molar refractivity (Wildman–Crippen MR) is 65.1 cm³/mol. The molecule has 1 aliphatic carbocycles. The lowest BCUT2D eigenvalue weighted by Gasteiger charge is -2.31. The first kappa shape index (κ1) is 11.1. The topological polar surface area (TPSA) is 24.9 Å². The molecule has 1 saturated carbocycles. The molecule has 1 aromatic heterocycles. The molecule has 0 aromatic carbocycles. The zero-order chi connectivity index (χ0) is 10.9. The molecule has 0 aliphatic heterocycles. The molecule has 2 nitrogen and oxygen atoms in total. The summed E-state index contributed by atoms with van der Waals surface area (Å²) in [4.78, 5) is 4.48. The lowest BCUT2D eigenvalue weighted by Crippen LogP contribution is -2.43. The smallest absolute Gasteiger partial charge is 0.112 e. The number of rotatable bonds is 5. The summed E-state index contributed by atoms with van der Waals surface area (Å²) in [5, 5.41) is 6.99. The summed E-state index contributed by atoms with van der Waals surface area (Å²) in [6.07, 6.45) is 5.95. The fraction of sp³-hybridized carbons (Fsp3) is 0.750. The number of thiazole rings is 1. The van der Waals surface area contributed by atoms with Crippen LogP contribution in [-0.2, 0) is 5.54 Å². The Labute approximate surface area is 96.1 Å². The van der Waals surface area contributed by atoms with Crippen LogP contribution in [0.2, 0.25) is 0 Å². The third-order valence-electron chi connectivity index (χ3n) is 2.91. The number of hydrogen-bond acceptors (Lipinski definition) is 3. The number of nitrogens with one attached hydrogen (secondary N) is 1. The minimum absolute atomic E-state index is 0.0868. The maximum absolute atomic E-state index is 4.48. The molecule has 1 aliphatic rings. The summed E-state index contributed by atoms with van der Waals surface area (Å²) < 4.78 is 0. The molecule has 1 fully saturated rings. The van der Waals surface area contributed by atoms with E-state index < -0.39 is 0 Å². The van der Waals surface area contributed by atoms with E-state index in [0.29, 0.717) is 6.04 Å². The molecular weight excluding hydrogens is 204 g/mol. The summed E-state index contributed by atoms with van der Waals surface area (Å²) in [7, 11) is 0. The van der Waals surface area contributed by atoms with Gasteiger partial charge in [-0.1, -0.05) is 12.8 Å². The van der Waals surface area contributed by atoms with E-state index >= 15 is 0 Å². The standard InChI is InChI=1S/C12H20N2S/c1-9(2)14-12(3,8-10-4-5-10)11-13-6-7-15-11/h6-7,9-10,14H,4-5,8H2,1-3H3. The molecule has 84 valence electrons. The van der Waals surface area contributed by atoms with Crippen LogP contribution >= 0.6 is 11.3 Å². The van der Waals surface area contributed by atoms with Crippen molar-refractivity contribution in [3.05, 3.63) is 16.6 Å². The van der Waals surface area contributed by atoms with Gasteiger partial charge in [0.15, 0.2) is 0 Å². The maximum Gasteiger partial charge on any atom is 0.112 e. The first-order valence-corrected chi connectivity index (χ1v) is 6.66. The fourth-order valence-electron chi connectivity index (χ4n) is 2.24. The van der Waals surface area contributed by atoms with Gasteiger partial charge < -0.3 is 5.32 Å². The van der Waals surface area contributed by atoms with E-state index in [4.69, 9.17) is 0 Å². The van der Waals surface area contributed by atoms with Crippen LogP contribution in [0, 0.1) is 5.92 Å². The van der Waals surface area contributed by atoms with Gasteiger partial charge in [-0.25, -0.2) is 4.98 Å². The second-order valence-corrected chi connectivity index (χ2v) is 6.01. The Morgan fingerprint density at radius 3 is 2.80 bits per heavy atom. The average Bonchev–Trinajstić information content (AvgIpc) is 2.78. The molecule has 0 amide bonds. The molecule has 15 heavy (non-hydrogen) atoms. The summed E-state index contributed by atoms with van der Waals surface area (Å²) in [6.45, 7) is 6.71. The van der Waals surface area contributed by atoms with Crippen molar-refractivity contribution in [3.8, 4) is 0 Å². The lowest BCUT2D eigenvalue weighted by molar-refractivity contribution is 0.296. The Balaban J connectivity index is 2.13. The molecule has 1 unspecified atom stereocenters.